The van der Waals surface area contributed by atoms with E-state index in [9.17, 15) is 25.9 Å². The molecule has 0 N–H and O–H groups in total. The van der Waals surface area contributed by atoms with Crippen molar-refractivity contribution >= 4 is 58.0 Å². The van der Waals surface area contributed by atoms with Crippen molar-refractivity contribution in [3.05, 3.63) is 23.0 Å². The normalized spacial score (nSPS) is 12.0. The maximum atomic E-state index is 9.59. The van der Waals surface area contributed by atoms with Crippen LogP contribution in [-0.4, -0.2) is 63.7 Å². The Balaban J connectivity index is -0.000000180. The molecule has 0 radical (unpaired) electrons. The zero-order valence-electron chi connectivity index (χ0n) is 8.28. The van der Waals surface area contributed by atoms with Crippen LogP contribution in [0.5, 0.6) is 0 Å². The van der Waals surface area contributed by atoms with Gasteiger partial charge < -0.3 is 9.11 Å². The van der Waals surface area contributed by atoms with Gasteiger partial charge in [-0.15, -0.1) is 0 Å². The molecule has 9 heteroatoms. The summed E-state index contributed by atoms with van der Waals surface area (Å²) in [6.45, 7) is 2.94. The van der Waals surface area contributed by atoms with Crippen molar-refractivity contribution < 1.29 is 25.9 Å². The van der Waals surface area contributed by atoms with E-state index < -0.39 is 20.2 Å². The molecule has 0 unspecified atom stereocenters. The largest absolute Gasteiger partial charge is 2.00 e. The van der Waals surface area contributed by atoms with E-state index in [4.69, 9.17) is 0 Å². The molecule has 0 saturated carbocycles. The summed E-state index contributed by atoms with van der Waals surface area (Å²) in [5.74, 6) is 0. The third-order valence-corrected chi connectivity index (χ3v) is 1.82. The minimum atomic E-state index is -4.10. The van der Waals surface area contributed by atoms with Crippen LogP contribution in [0, 0.1) is 0 Å². The van der Waals surface area contributed by atoms with Crippen molar-refractivity contribution in [1.29, 1.82) is 0 Å². The van der Waals surface area contributed by atoms with E-state index in [-0.39, 0.29) is 37.7 Å². The third-order valence-electron chi connectivity index (χ3n) is 0.605. The molecule has 0 spiro atoms. The van der Waals surface area contributed by atoms with Crippen molar-refractivity contribution in [3.63, 3.8) is 0 Å². The van der Waals surface area contributed by atoms with E-state index in [1.807, 2.05) is 0 Å². The molecule has 0 bridgehead atoms. The van der Waals surface area contributed by atoms with Gasteiger partial charge in [0.2, 0.25) is 0 Å². The molecule has 0 atom stereocenters. The predicted octanol–water partition coefficient (Wildman–Crippen LogP) is -0.250. The van der Waals surface area contributed by atoms with E-state index in [0.29, 0.717) is 10.8 Å². The molecule has 0 aliphatic carbocycles. The van der Waals surface area contributed by atoms with E-state index >= 15 is 0 Å². The van der Waals surface area contributed by atoms with E-state index in [1.165, 1.54) is 26.0 Å². The molecular weight excluding hydrogens is 272 g/mol. The summed E-state index contributed by atoms with van der Waals surface area (Å²) in [6, 6.07) is 0. The zero-order valence-corrected chi connectivity index (χ0v) is 12.1. The molecule has 84 valence electrons. The Morgan fingerprint density at radius 3 is 1.00 bits per heavy atom. The summed E-state index contributed by atoms with van der Waals surface area (Å²) in [4.78, 5) is 0. The van der Waals surface area contributed by atoms with Crippen LogP contribution < -0.4 is 0 Å². The van der Waals surface area contributed by atoms with Gasteiger partial charge in [0.15, 0.2) is 0 Å². The molecule has 0 aliphatic rings. The predicted molar refractivity (Wildman–Crippen MR) is 54.8 cm³/mol. The van der Waals surface area contributed by atoms with Gasteiger partial charge >= 0.3 is 37.7 Å². The Hall–Kier alpha value is 0.560. The molecule has 0 fully saturated rings. The molecule has 0 aromatic carbocycles. The summed E-state index contributed by atoms with van der Waals surface area (Å²) in [7, 11) is -8.21. The smallest absolute Gasteiger partial charge is 0.744 e. The standard InChI is InChI=1S/2C3H6O3S.Ca/c2*1-2-3-7(4,5)6;/h2*2-3H,1H3,(H,4,5,6);/q;;+2/p-2/b2*3-2-;. The van der Waals surface area contributed by atoms with Crippen LogP contribution in [0.4, 0.5) is 0 Å². The summed E-state index contributed by atoms with van der Waals surface area (Å²) in [6.07, 6.45) is 2.37. The first-order valence-electron chi connectivity index (χ1n) is 3.29. The number of rotatable bonds is 2. The summed E-state index contributed by atoms with van der Waals surface area (Å²) >= 11 is 0. The Kier molecular flexibility index (Phi) is 13.6. The number of hydrogen-bond donors (Lipinski definition) is 0. The second-order valence-corrected chi connectivity index (χ2v) is 4.44. The number of allylic oxidation sites excluding steroid dienone is 2. The zero-order chi connectivity index (χ0) is 11.8. The molecule has 15 heavy (non-hydrogen) atoms. The van der Waals surface area contributed by atoms with Crippen LogP contribution >= 0.6 is 0 Å². The van der Waals surface area contributed by atoms with Gasteiger partial charge in [-0.2, -0.15) is 0 Å². The van der Waals surface area contributed by atoms with Gasteiger partial charge in [-0.1, -0.05) is 12.2 Å². The second kappa shape index (κ2) is 9.76. The van der Waals surface area contributed by atoms with Gasteiger partial charge in [-0.05, 0) is 13.8 Å². The SMILES string of the molecule is C/C=C\S(=O)(=O)[O-].C/C=C\S(=O)(=O)[O-].[Ca+2]. The quantitative estimate of drug-likeness (QED) is 0.509. The van der Waals surface area contributed by atoms with Gasteiger partial charge in [0.25, 0.3) is 0 Å². The van der Waals surface area contributed by atoms with Gasteiger partial charge in [-0.25, -0.2) is 16.8 Å². The summed E-state index contributed by atoms with van der Waals surface area (Å²) in [5.41, 5.74) is 0. The van der Waals surface area contributed by atoms with Crippen molar-refractivity contribution in [2.45, 2.75) is 13.8 Å². The van der Waals surface area contributed by atoms with Crippen molar-refractivity contribution in [1.82, 2.24) is 0 Å². The molecule has 0 aromatic heterocycles. The molecular formula is C6H10CaO6S2. The fourth-order valence-electron chi connectivity index (χ4n) is 0.333. The first-order valence-corrected chi connectivity index (χ1v) is 6.24. The van der Waals surface area contributed by atoms with E-state index in [0.717, 1.165) is 0 Å². The monoisotopic (exact) mass is 282 g/mol. The van der Waals surface area contributed by atoms with Crippen molar-refractivity contribution in [2.24, 2.45) is 0 Å². The van der Waals surface area contributed by atoms with E-state index in [1.54, 1.807) is 0 Å². The average molecular weight is 282 g/mol. The summed E-state index contributed by atoms with van der Waals surface area (Å²) < 4.78 is 57.5. The van der Waals surface area contributed by atoms with Crippen LogP contribution in [0.25, 0.3) is 0 Å². The number of hydrogen-bond acceptors (Lipinski definition) is 6. The first-order chi connectivity index (χ1) is 6.12. The minimum absolute atomic E-state index is 0. The van der Waals surface area contributed by atoms with Gasteiger partial charge in [0, 0.05) is 10.8 Å². The Morgan fingerprint density at radius 1 is 0.800 bits per heavy atom. The maximum Gasteiger partial charge on any atom is 2.00 e. The fraction of sp³-hybridized carbons (Fsp3) is 0.333. The van der Waals surface area contributed by atoms with Crippen molar-refractivity contribution in [3.8, 4) is 0 Å². The molecule has 0 rings (SSSR count). The molecule has 6 nitrogen and oxygen atoms in total. The topological polar surface area (TPSA) is 114 Å². The van der Waals surface area contributed by atoms with Crippen LogP contribution in [-0.2, 0) is 20.2 Å². The average Bonchev–Trinajstić information content (AvgIpc) is 1.81. The van der Waals surface area contributed by atoms with Gasteiger partial charge in [0.05, 0.1) is 0 Å². The van der Waals surface area contributed by atoms with Crippen LogP contribution in [0.3, 0.4) is 0 Å². The molecule has 0 amide bonds. The fourth-order valence-corrected chi connectivity index (χ4v) is 1.00. The minimum Gasteiger partial charge on any atom is -0.744 e. The molecule has 0 aromatic rings. The molecule has 0 heterocycles. The Bertz CT molecular complexity index is 351. The second-order valence-electron chi connectivity index (χ2n) is 1.92. The Morgan fingerprint density at radius 2 is 1.00 bits per heavy atom. The van der Waals surface area contributed by atoms with Crippen LogP contribution in [0.2, 0.25) is 0 Å². The third kappa shape index (κ3) is 31.3. The van der Waals surface area contributed by atoms with Gasteiger partial charge in [-0.3, -0.25) is 0 Å². The summed E-state index contributed by atoms with van der Waals surface area (Å²) in [5, 5.41) is 1.21. The first kappa shape index (κ1) is 20.9. The molecule has 0 saturated heterocycles. The van der Waals surface area contributed by atoms with Crippen molar-refractivity contribution in [2.75, 3.05) is 0 Å². The van der Waals surface area contributed by atoms with Crippen LogP contribution in [0.15, 0.2) is 23.0 Å². The van der Waals surface area contributed by atoms with E-state index in [2.05, 4.69) is 0 Å². The maximum absolute atomic E-state index is 9.59. The Labute approximate surface area is 120 Å². The molecule has 0 aliphatic heterocycles. The van der Waals surface area contributed by atoms with Gasteiger partial charge in [0.1, 0.15) is 20.2 Å². The van der Waals surface area contributed by atoms with Crippen LogP contribution in [0.1, 0.15) is 13.8 Å².